The number of carbonyl (C=O) groups excluding carboxylic acids is 1. The minimum absolute atomic E-state index is 0.0169. The van der Waals surface area contributed by atoms with Gasteiger partial charge in [-0.2, -0.15) is 0 Å². The van der Waals surface area contributed by atoms with Crippen LogP contribution in [0.1, 0.15) is 29.8 Å². The van der Waals surface area contributed by atoms with Gasteiger partial charge < -0.3 is 15.5 Å². The van der Waals surface area contributed by atoms with Gasteiger partial charge in [0.15, 0.2) is 5.60 Å². The Hall–Kier alpha value is -1.97. The molecule has 0 fully saturated rings. The number of hydrogen-bond acceptors (Lipinski definition) is 5. The summed E-state index contributed by atoms with van der Waals surface area (Å²) in [6.07, 6.45) is 0. The molecule has 0 saturated carbocycles. The van der Waals surface area contributed by atoms with Crippen molar-refractivity contribution in [3.63, 3.8) is 0 Å². The lowest BCUT2D eigenvalue weighted by Gasteiger charge is -2.18. The summed E-state index contributed by atoms with van der Waals surface area (Å²) in [5.41, 5.74) is -1.10. The Morgan fingerprint density at radius 1 is 1.22 bits per heavy atom. The van der Waals surface area contributed by atoms with Crippen LogP contribution in [0.5, 0.6) is 0 Å². The summed E-state index contributed by atoms with van der Waals surface area (Å²) < 4.78 is 25.1. The number of carboxylic acid groups (broad SMARTS) is 1. The molecule has 0 saturated heterocycles. The fourth-order valence-corrected chi connectivity index (χ4v) is 2.09. The zero-order valence-electron chi connectivity index (χ0n) is 12.9. The van der Waals surface area contributed by atoms with Crippen LogP contribution in [0.4, 0.5) is 0 Å². The molecule has 0 aliphatic heterocycles. The standard InChI is InChI=1S/C14H20N2O6S/c1-3-23(21,22)16-8-10-4-6-11(7-5-10)12(17)15-9-14(2,20)13(18)19/h4-7,16,20H,3,8-9H2,1-2H3,(H,15,17)(H,18,19). The fraction of sp³-hybridized carbons (Fsp3) is 0.429. The van der Waals surface area contributed by atoms with Crippen molar-refractivity contribution < 1.29 is 28.2 Å². The van der Waals surface area contributed by atoms with Crippen LogP contribution in [0.2, 0.25) is 0 Å². The highest BCUT2D eigenvalue weighted by Gasteiger charge is 2.30. The second-order valence-corrected chi connectivity index (χ2v) is 7.28. The number of nitrogens with one attached hydrogen (secondary N) is 2. The lowest BCUT2D eigenvalue weighted by molar-refractivity contribution is -0.155. The van der Waals surface area contributed by atoms with E-state index in [0.29, 0.717) is 5.56 Å². The third kappa shape index (κ3) is 5.97. The van der Waals surface area contributed by atoms with Crippen molar-refractivity contribution in [1.82, 2.24) is 10.0 Å². The quantitative estimate of drug-likeness (QED) is 0.511. The van der Waals surface area contributed by atoms with Gasteiger partial charge >= 0.3 is 5.97 Å². The van der Waals surface area contributed by atoms with Crippen molar-refractivity contribution in [2.45, 2.75) is 26.0 Å². The fourth-order valence-electron chi connectivity index (χ4n) is 1.50. The van der Waals surface area contributed by atoms with E-state index in [2.05, 4.69) is 10.0 Å². The van der Waals surface area contributed by atoms with Gasteiger partial charge in [-0.1, -0.05) is 12.1 Å². The largest absolute Gasteiger partial charge is 0.479 e. The van der Waals surface area contributed by atoms with Gasteiger partial charge in [0.25, 0.3) is 5.91 Å². The predicted octanol–water partition coefficient (Wildman–Crippen LogP) is -0.309. The maximum Gasteiger partial charge on any atom is 0.337 e. The molecule has 23 heavy (non-hydrogen) atoms. The van der Waals surface area contributed by atoms with Gasteiger partial charge in [-0.15, -0.1) is 0 Å². The molecule has 1 unspecified atom stereocenters. The van der Waals surface area contributed by atoms with E-state index in [0.717, 1.165) is 6.92 Å². The van der Waals surface area contributed by atoms with Crippen LogP contribution in [0, 0.1) is 0 Å². The van der Waals surface area contributed by atoms with Crippen LogP contribution in [0.25, 0.3) is 0 Å². The molecule has 1 rings (SSSR count). The van der Waals surface area contributed by atoms with Gasteiger partial charge in [0.2, 0.25) is 10.0 Å². The molecular weight excluding hydrogens is 324 g/mol. The maximum absolute atomic E-state index is 11.9. The number of amides is 1. The van der Waals surface area contributed by atoms with Crippen molar-refractivity contribution in [3.8, 4) is 0 Å². The van der Waals surface area contributed by atoms with E-state index in [4.69, 9.17) is 5.11 Å². The summed E-state index contributed by atoms with van der Waals surface area (Å²) in [4.78, 5) is 22.6. The molecule has 1 aromatic carbocycles. The van der Waals surface area contributed by atoms with E-state index >= 15 is 0 Å². The van der Waals surface area contributed by atoms with Crippen LogP contribution in [-0.4, -0.2) is 48.4 Å². The lowest BCUT2D eigenvalue weighted by atomic mass is 10.1. The number of carbonyl (C=O) groups is 2. The molecule has 1 atom stereocenters. The number of aliphatic hydroxyl groups is 1. The van der Waals surface area contributed by atoms with E-state index in [1.165, 1.54) is 19.1 Å². The van der Waals surface area contributed by atoms with Crippen molar-refractivity contribution in [2.75, 3.05) is 12.3 Å². The molecule has 0 spiro atoms. The van der Waals surface area contributed by atoms with Gasteiger partial charge in [0, 0.05) is 12.1 Å². The number of hydrogen-bond donors (Lipinski definition) is 4. The van der Waals surface area contributed by atoms with E-state index in [-0.39, 0.29) is 17.9 Å². The van der Waals surface area contributed by atoms with Gasteiger partial charge in [-0.05, 0) is 31.5 Å². The highest BCUT2D eigenvalue weighted by Crippen LogP contribution is 2.06. The van der Waals surface area contributed by atoms with Crippen molar-refractivity contribution in [2.24, 2.45) is 0 Å². The minimum Gasteiger partial charge on any atom is -0.479 e. The second-order valence-electron chi connectivity index (χ2n) is 5.18. The summed E-state index contributed by atoms with van der Waals surface area (Å²) in [6, 6.07) is 6.14. The number of rotatable bonds is 8. The first-order valence-electron chi connectivity index (χ1n) is 6.87. The molecule has 0 aliphatic rings. The predicted molar refractivity (Wildman–Crippen MR) is 83.3 cm³/mol. The zero-order valence-corrected chi connectivity index (χ0v) is 13.7. The lowest BCUT2D eigenvalue weighted by Crippen LogP contribution is -2.46. The van der Waals surface area contributed by atoms with E-state index in [9.17, 15) is 23.1 Å². The normalized spacial score (nSPS) is 14.0. The van der Waals surface area contributed by atoms with Gasteiger partial charge in [0.1, 0.15) is 0 Å². The summed E-state index contributed by atoms with van der Waals surface area (Å²) in [5.74, 6) is -1.99. The molecule has 0 aromatic heterocycles. The SMILES string of the molecule is CCS(=O)(=O)NCc1ccc(C(=O)NCC(C)(O)C(=O)O)cc1. The third-order valence-corrected chi connectivity index (χ3v) is 4.49. The summed E-state index contributed by atoms with van der Waals surface area (Å²) in [6.45, 7) is 2.30. The molecule has 1 aromatic rings. The molecule has 9 heteroatoms. The molecule has 8 nitrogen and oxygen atoms in total. The third-order valence-electron chi connectivity index (χ3n) is 3.15. The average molecular weight is 344 g/mol. The summed E-state index contributed by atoms with van der Waals surface area (Å²) in [7, 11) is -3.29. The Kier molecular flexibility index (Phi) is 6.25. The van der Waals surface area contributed by atoms with Crippen LogP contribution in [0.3, 0.4) is 0 Å². The van der Waals surface area contributed by atoms with Crippen molar-refractivity contribution >= 4 is 21.9 Å². The Morgan fingerprint density at radius 3 is 2.26 bits per heavy atom. The molecule has 0 radical (unpaired) electrons. The number of benzene rings is 1. The Balaban J connectivity index is 2.63. The monoisotopic (exact) mass is 344 g/mol. The molecule has 0 bridgehead atoms. The van der Waals surface area contributed by atoms with Crippen molar-refractivity contribution in [3.05, 3.63) is 35.4 Å². The molecule has 128 valence electrons. The molecule has 0 heterocycles. The summed E-state index contributed by atoms with van der Waals surface area (Å²) in [5, 5.41) is 20.6. The van der Waals surface area contributed by atoms with E-state index < -0.39 is 34.0 Å². The second kappa shape index (κ2) is 7.53. The van der Waals surface area contributed by atoms with E-state index in [1.807, 2.05) is 0 Å². The smallest absolute Gasteiger partial charge is 0.337 e. The van der Waals surface area contributed by atoms with Crippen LogP contribution >= 0.6 is 0 Å². The number of sulfonamides is 1. The minimum atomic E-state index is -3.29. The van der Waals surface area contributed by atoms with Gasteiger partial charge in [0.05, 0.1) is 12.3 Å². The van der Waals surface area contributed by atoms with Gasteiger partial charge in [-0.3, -0.25) is 4.79 Å². The van der Waals surface area contributed by atoms with Crippen LogP contribution in [-0.2, 0) is 21.4 Å². The molecule has 1 amide bonds. The first-order valence-corrected chi connectivity index (χ1v) is 8.53. The Labute approximate surface area is 134 Å². The summed E-state index contributed by atoms with van der Waals surface area (Å²) >= 11 is 0. The first-order chi connectivity index (χ1) is 10.6. The van der Waals surface area contributed by atoms with Crippen LogP contribution < -0.4 is 10.0 Å². The highest BCUT2D eigenvalue weighted by atomic mass is 32.2. The van der Waals surface area contributed by atoms with Crippen LogP contribution in [0.15, 0.2) is 24.3 Å². The average Bonchev–Trinajstić information content (AvgIpc) is 2.51. The molecule has 4 N–H and O–H groups in total. The highest BCUT2D eigenvalue weighted by molar-refractivity contribution is 7.89. The maximum atomic E-state index is 11.9. The molecule has 0 aliphatic carbocycles. The number of aliphatic carboxylic acids is 1. The zero-order chi connectivity index (χ0) is 17.7. The Morgan fingerprint density at radius 2 is 1.78 bits per heavy atom. The van der Waals surface area contributed by atoms with Crippen molar-refractivity contribution in [1.29, 1.82) is 0 Å². The van der Waals surface area contributed by atoms with E-state index in [1.54, 1.807) is 12.1 Å². The number of carboxylic acids is 1. The topological polar surface area (TPSA) is 133 Å². The first kappa shape index (κ1) is 19.1. The molecular formula is C14H20N2O6S. The Bertz CT molecular complexity index is 667. The van der Waals surface area contributed by atoms with Gasteiger partial charge in [-0.25, -0.2) is 17.9 Å².